The first-order valence-corrected chi connectivity index (χ1v) is 8.29. The zero-order valence-corrected chi connectivity index (χ0v) is 15.3. The standard InChI is InChI=1S/C20H20N4O3/c1-13-6-4-5-7-15(13)24-20(25)17-11-19(22-12-21-17)23-16-10-14(26-2)8-9-18(16)27-3/h4-12H,1-3H3,(H,24,25)(H,21,22,23). The molecule has 1 aromatic heterocycles. The Bertz CT molecular complexity index is 959. The molecule has 3 aromatic rings. The lowest BCUT2D eigenvalue weighted by molar-refractivity contribution is 0.102. The molecule has 2 aromatic carbocycles. The predicted octanol–water partition coefficient (Wildman–Crippen LogP) is 3.80. The van der Waals surface area contributed by atoms with Crippen LogP contribution in [-0.2, 0) is 0 Å². The van der Waals surface area contributed by atoms with Crippen LogP contribution in [0, 0.1) is 6.92 Å². The molecule has 1 heterocycles. The Kier molecular flexibility index (Phi) is 5.51. The minimum atomic E-state index is -0.313. The molecule has 0 radical (unpaired) electrons. The Balaban J connectivity index is 1.82. The lowest BCUT2D eigenvalue weighted by Gasteiger charge is -2.12. The van der Waals surface area contributed by atoms with Gasteiger partial charge in [-0.3, -0.25) is 4.79 Å². The maximum absolute atomic E-state index is 12.5. The van der Waals surface area contributed by atoms with Crippen molar-refractivity contribution in [1.82, 2.24) is 9.97 Å². The van der Waals surface area contributed by atoms with Gasteiger partial charge in [-0.1, -0.05) is 18.2 Å². The van der Waals surface area contributed by atoms with Gasteiger partial charge in [-0.15, -0.1) is 0 Å². The summed E-state index contributed by atoms with van der Waals surface area (Å²) in [5.74, 6) is 1.45. The number of rotatable bonds is 6. The van der Waals surface area contributed by atoms with E-state index in [1.54, 1.807) is 38.5 Å². The molecular formula is C20H20N4O3. The van der Waals surface area contributed by atoms with E-state index in [1.165, 1.54) is 6.33 Å². The first kappa shape index (κ1) is 18.2. The first-order chi connectivity index (χ1) is 13.1. The second kappa shape index (κ2) is 8.18. The fourth-order valence-electron chi connectivity index (χ4n) is 2.50. The number of anilines is 3. The molecule has 0 fully saturated rings. The smallest absolute Gasteiger partial charge is 0.274 e. The van der Waals surface area contributed by atoms with Crippen LogP contribution >= 0.6 is 0 Å². The zero-order chi connectivity index (χ0) is 19.2. The molecule has 27 heavy (non-hydrogen) atoms. The van der Waals surface area contributed by atoms with E-state index in [4.69, 9.17) is 9.47 Å². The SMILES string of the molecule is COc1ccc(OC)c(Nc2cc(C(=O)Nc3ccccc3C)ncn2)c1. The molecule has 7 nitrogen and oxygen atoms in total. The highest BCUT2D eigenvalue weighted by Gasteiger charge is 2.12. The predicted molar refractivity (Wildman–Crippen MR) is 104 cm³/mol. The Hall–Kier alpha value is -3.61. The van der Waals surface area contributed by atoms with Crippen LogP contribution in [0.25, 0.3) is 0 Å². The molecule has 1 amide bonds. The van der Waals surface area contributed by atoms with E-state index < -0.39 is 0 Å². The van der Waals surface area contributed by atoms with E-state index in [0.717, 1.165) is 11.3 Å². The van der Waals surface area contributed by atoms with Crippen LogP contribution in [-0.4, -0.2) is 30.1 Å². The van der Waals surface area contributed by atoms with Crippen LogP contribution in [0.4, 0.5) is 17.2 Å². The molecule has 0 unspecified atom stereocenters. The molecule has 0 saturated carbocycles. The summed E-state index contributed by atoms with van der Waals surface area (Å²) in [6.45, 7) is 1.93. The van der Waals surface area contributed by atoms with Crippen molar-refractivity contribution in [3.63, 3.8) is 0 Å². The monoisotopic (exact) mass is 364 g/mol. The van der Waals surface area contributed by atoms with Gasteiger partial charge in [-0.05, 0) is 30.7 Å². The van der Waals surface area contributed by atoms with Crippen LogP contribution in [0.1, 0.15) is 16.1 Å². The van der Waals surface area contributed by atoms with E-state index in [1.807, 2.05) is 31.2 Å². The van der Waals surface area contributed by atoms with Gasteiger partial charge in [0.15, 0.2) is 0 Å². The molecule has 7 heteroatoms. The Morgan fingerprint density at radius 2 is 1.78 bits per heavy atom. The topological polar surface area (TPSA) is 85.4 Å². The summed E-state index contributed by atoms with van der Waals surface area (Å²) in [5, 5.41) is 5.99. The first-order valence-electron chi connectivity index (χ1n) is 8.29. The molecule has 0 aliphatic carbocycles. The summed E-state index contributed by atoms with van der Waals surface area (Å²) in [5.41, 5.74) is 2.63. The van der Waals surface area contributed by atoms with Crippen molar-refractivity contribution in [2.24, 2.45) is 0 Å². The van der Waals surface area contributed by atoms with Gasteiger partial charge in [-0.2, -0.15) is 0 Å². The van der Waals surface area contributed by atoms with Crippen LogP contribution in [0.5, 0.6) is 11.5 Å². The molecule has 0 bridgehead atoms. The van der Waals surface area contributed by atoms with Crippen molar-refractivity contribution in [1.29, 1.82) is 0 Å². The Morgan fingerprint density at radius 3 is 2.52 bits per heavy atom. The average molecular weight is 364 g/mol. The number of aromatic nitrogens is 2. The molecular weight excluding hydrogens is 344 g/mol. The Morgan fingerprint density at radius 1 is 0.963 bits per heavy atom. The van der Waals surface area contributed by atoms with Crippen LogP contribution < -0.4 is 20.1 Å². The molecule has 2 N–H and O–H groups in total. The van der Waals surface area contributed by atoms with Crippen LogP contribution in [0.2, 0.25) is 0 Å². The second-order valence-corrected chi connectivity index (χ2v) is 5.75. The average Bonchev–Trinajstić information content (AvgIpc) is 2.70. The molecule has 0 aliphatic heterocycles. The normalized spacial score (nSPS) is 10.2. The molecule has 138 valence electrons. The van der Waals surface area contributed by atoms with Crippen LogP contribution in [0.15, 0.2) is 54.9 Å². The zero-order valence-electron chi connectivity index (χ0n) is 15.3. The molecule has 0 spiro atoms. The second-order valence-electron chi connectivity index (χ2n) is 5.75. The van der Waals surface area contributed by atoms with Crippen molar-refractivity contribution < 1.29 is 14.3 Å². The van der Waals surface area contributed by atoms with Gasteiger partial charge in [0.1, 0.15) is 29.3 Å². The van der Waals surface area contributed by atoms with Gasteiger partial charge < -0.3 is 20.1 Å². The minimum absolute atomic E-state index is 0.248. The number of aryl methyl sites for hydroxylation is 1. The van der Waals surface area contributed by atoms with Gasteiger partial charge in [0, 0.05) is 17.8 Å². The fraction of sp³-hybridized carbons (Fsp3) is 0.150. The van der Waals surface area contributed by atoms with Gasteiger partial charge >= 0.3 is 0 Å². The quantitative estimate of drug-likeness (QED) is 0.692. The number of carbonyl (C=O) groups is 1. The highest BCUT2D eigenvalue weighted by atomic mass is 16.5. The molecule has 0 saturated heterocycles. The summed E-state index contributed by atoms with van der Waals surface area (Å²) in [6, 6.07) is 14.5. The van der Waals surface area contributed by atoms with Crippen molar-refractivity contribution in [2.45, 2.75) is 6.92 Å². The molecule has 0 aliphatic rings. The number of amides is 1. The third-order valence-corrected chi connectivity index (χ3v) is 3.96. The number of carbonyl (C=O) groups excluding carboxylic acids is 1. The van der Waals surface area contributed by atoms with Gasteiger partial charge in [0.25, 0.3) is 5.91 Å². The number of hydrogen-bond acceptors (Lipinski definition) is 6. The number of ether oxygens (including phenoxy) is 2. The summed E-state index contributed by atoms with van der Waals surface area (Å²) in [6.07, 6.45) is 1.34. The van der Waals surface area contributed by atoms with E-state index in [0.29, 0.717) is 23.0 Å². The number of nitrogens with zero attached hydrogens (tertiary/aromatic N) is 2. The highest BCUT2D eigenvalue weighted by molar-refractivity contribution is 6.03. The van der Waals surface area contributed by atoms with Gasteiger partial charge in [0.05, 0.1) is 19.9 Å². The van der Waals surface area contributed by atoms with E-state index in [9.17, 15) is 4.79 Å². The van der Waals surface area contributed by atoms with Crippen molar-refractivity contribution in [2.75, 3.05) is 24.9 Å². The molecule has 3 rings (SSSR count). The number of benzene rings is 2. The van der Waals surface area contributed by atoms with Crippen molar-refractivity contribution in [3.8, 4) is 11.5 Å². The summed E-state index contributed by atoms with van der Waals surface area (Å²) in [4.78, 5) is 20.8. The largest absolute Gasteiger partial charge is 0.497 e. The maximum Gasteiger partial charge on any atom is 0.274 e. The Labute approximate surface area is 157 Å². The van der Waals surface area contributed by atoms with E-state index >= 15 is 0 Å². The van der Waals surface area contributed by atoms with Crippen molar-refractivity contribution >= 4 is 23.1 Å². The lowest BCUT2D eigenvalue weighted by atomic mass is 10.2. The highest BCUT2D eigenvalue weighted by Crippen LogP contribution is 2.31. The summed E-state index contributed by atoms with van der Waals surface area (Å²) >= 11 is 0. The van der Waals surface area contributed by atoms with Crippen molar-refractivity contribution in [3.05, 3.63) is 66.1 Å². The number of nitrogens with one attached hydrogen (secondary N) is 2. The van der Waals surface area contributed by atoms with Gasteiger partial charge in [-0.25, -0.2) is 9.97 Å². The third kappa shape index (κ3) is 4.33. The van der Waals surface area contributed by atoms with E-state index in [-0.39, 0.29) is 11.6 Å². The van der Waals surface area contributed by atoms with E-state index in [2.05, 4.69) is 20.6 Å². The number of hydrogen-bond donors (Lipinski definition) is 2. The van der Waals surface area contributed by atoms with Gasteiger partial charge in [0.2, 0.25) is 0 Å². The summed E-state index contributed by atoms with van der Waals surface area (Å²) < 4.78 is 10.6. The minimum Gasteiger partial charge on any atom is -0.497 e. The maximum atomic E-state index is 12.5. The fourth-order valence-corrected chi connectivity index (χ4v) is 2.50. The number of methoxy groups -OCH3 is 2. The number of para-hydroxylation sites is 1. The molecule has 0 atom stereocenters. The van der Waals surface area contributed by atoms with Crippen LogP contribution in [0.3, 0.4) is 0 Å². The lowest BCUT2D eigenvalue weighted by Crippen LogP contribution is -2.15. The third-order valence-electron chi connectivity index (χ3n) is 3.96. The summed E-state index contributed by atoms with van der Waals surface area (Å²) in [7, 11) is 3.17.